The molecule has 0 unspecified atom stereocenters. The summed E-state index contributed by atoms with van der Waals surface area (Å²) < 4.78 is 0. The van der Waals surface area contributed by atoms with Crippen molar-refractivity contribution in [3.8, 4) is 56.4 Å². The fourth-order valence-electron chi connectivity index (χ4n) is 6.77. The third-order valence-electron chi connectivity index (χ3n) is 9.16. The van der Waals surface area contributed by atoms with Crippen molar-refractivity contribution in [2.45, 2.75) is 0 Å². The average Bonchev–Trinajstić information content (AvgIpc) is 3.18. The van der Waals surface area contributed by atoms with E-state index >= 15 is 0 Å². The molecule has 6 aromatic carbocycles. The largest absolute Gasteiger partial charge is 0.383 e. The average molecular weight is 613 g/mol. The zero-order chi connectivity index (χ0) is 31.9. The van der Waals surface area contributed by atoms with Gasteiger partial charge in [0.15, 0.2) is 17.5 Å². The van der Waals surface area contributed by atoms with Gasteiger partial charge in [0.25, 0.3) is 0 Å². The second kappa shape index (κ2) is 11.8. The zero-order valence-electron chi connectivity index (χ0n) is 26.1. The van der Waals surface area contributed by atoms with Crippen molar-refractivity contribution < 1.29 is 0 Å². The van der Waals surface area contributed by atoms with Crippen LogP contribution in [-0.2, 0) is 0 Å². The number of anilines is 1. The number of hydrogen-bond donors (Lipinski definition) is 0. The Morgan fingerprint density at radius 1 is 0.417 bits per heavy atom. The Bertz CT molecular complexity index is 2280. The van der Waals surface area contributed by atoms with Crippen molar-refractivity contribution in [1.82, 2.24) is 15.0 Å². The second-order valence-corrected chi connectivity index (χ2v) is 12.1. The molecule has 4 nitrogen and oxygen atoms in total. The van der Waals surface area contributed by atoms with Crippen molar-refractivity contribution in [2.75, 3.05) is 4.81 Å². The van der Waals surface area contributed by atoms with Crippen LogP contribution in [0.15, 0.2) is 176 Å². The van der Waals surface area contributed by atoms with Crippen LogP contribution in [0.2, 0.25) is 0 Å². The fourth-order valence-corrected chi connectivity index (χ4v) is 6.77. The maximum absolute atomic E-state index is 5.02. The quantitative estimate of drug-likeness (QED) is 0.182. The highest BCUT2D eigenvalue weighted by Crippen LogP contribution is 2.41. The van der Waals surface area contributed by atoms with Gasteiger partial charge in [-0.2, -0.15) is 0 Å². The first kappa shape index (κ1) is 27.9. The second-order valence-electron chi connectivity index (χ2n) is 12.1. The normalized spacial score (nSPS) is 13.0. The predicted molar refractivity (Wildman–Crippen MR) is 198 cm³/mol. The van der Waals surface area contributed by atoms with Crippen LogP contribution in [0.4, 0.5) is 5.69 Å². The summed E-state index contributed by atoms with van der Waals surface area (Å²) in [6.07, 6.45) is 4.45. The summed E-state index contributed by atoms with van der Waals surface area (Å²) in [5.74, 6) is 4.35. The SMILES string of the molecule is C1=CN2B(C=C1c1ccccc1)c1cc(-c3ccccc3)ccc1-c1cc(-c3nc(-c4ccccc4)nc(-c4ccccc4)n3)ccc12. The van der Waals surface area contributed by atoms with E-state index < -0.39 is 0 Å². The van der Waals surface area contributed by atoms with Gasteiger partial charge in [-0.1, -0.05) is 146 Å². The monoisotopic (exact) mass is 612 g/mol. The number of aromatic nitrogens is 3. The van der Waals surface area contributed by atoms with Crippen molar-refractivity contribution in [3.05, 3.63) is 182 Å². The molecule has 2 aliphatic rings. The highest BCUT2D eigenvalue weighted by Gasteiger charge is 2.35. The molecule has 0 saturated heterocycles. The van der Waals surface area contributed by atoms with E-state index in [1.807, 2.05) is 60.7 Å². The molecule has 0 aliphatic carbocycles. The molecule has 0 spiro atoms. The maximum Gasteiger partial charge on any atom is 0.321 e. The lowest BCUT2D eigenvalue weighted by Gasteiger charge is -2.37. The Labute approximate surface area is 280 Å². The van der Waals surface area contributed by atoms with Gasteiger partial charge < -0.3 is 4.81 Å². The lowest BCUT2D eigenvalue weighted by Crippen LogP contribution is -2.49. The van der Waals surface area contributed by atoms with Gasteiger partial charge in [0.1, 0.15) is 0 Å². The molecule has 7 aromatic rings. The first-order valence-corrected chi connectivity index (χ1v) is 16.2. The van der Waals surface area contributed by atoms with E-state index in [2.05, 4.69) is 120 Å². The van der Waals surface area contributed by atoms with Crippen LogP contribution in [0.5, 0.6) is 0 Å². The summed E-state index contributed by atoms with van der Waals surface area (Å²) in [4.78, 5) is 17.3. The van der Waals surface area contributed by atoms with Gasteiger partial charge in [-0.3, -0.25) is 0 Å². The van der Waals surface area contributed by atoms with E-state index in [0.717, 1.165) is 27.9 Å². The Morgan fingerprint density at radius 3 is 1.54 bits per heavy atom. The topological polar surface area (TPSA) is 41.9 Å². The Hall–Kier alpha value is -6.33. The van der Waals surface area contributed by atoms with Gasteiger partial charge >= 0.3 is 6.85 Å². The fraction of sp³-hybridized carbons (Fsp3) is 0. The van der Waals surface area contributed by atoms with Crippen LogP contribution < -0.4 is 10.3 Å². The molecule has 0 fully saturated rings. The van der Waals surface area contributed by atoms with Crippen molar-refractivity contribution in [3.63, 3.8) is 0 Å². The van der Waals surface area contributed by atoms with Crippen LogP contribution in [0.3, 0.4) is 0 Å². The molecule has 48 heavy (non-hydrogen) atoms. The number of allylic oxidation sites excluding steroid dienone is 2. The summed E-state index contributed by atoms with van der Waals surface area (Å²) in [6, 6.07) is 55.0. The molecule has 0 amide bonds. The molecule has 0 atom stereocenters. The number of benzene rings is 6. The van der Waals surface area contributed by atoms with Crippen LogP contribution in [-0.4, -0.2) is 21.8 Å². The Balaban J connectivity index is 1.21. The van der Waals surface area contributed by atoms with Gasteiger partial charge in [-0.05, 0) is 63.8 Å². The molecular weight excluding hydrogens is 583 g/mol. The summed E-state index contributed by atoms with van der Waals surface area (Å²) >= 11 is 0. The third kappa shape index (κ3) is 5.02. The summed E-state index contributed by atoms with van der Waals surface area (Å²) in [5.41, 5.74) is 12.5. The molecule has 0 bridgehead atoms. The van der Waals surface area contributed by atoms with E-state index in [1.165, 1.54) is 33.3 Å². The molecule has 5 heteroatoms. The van der Waals surface area contributed by atoms with Gasteiger partial charge in [-0.15, -0.1) is 0 Å². The van der Waals surface area contributed by atoms with E-state index in [-0.39, 0.29) is 6.85 Å². The van der Waals surface area contributed by atoms with E-state index in [4.69, 9.17) is 15.0 Å². The van der Waals surface area contributed by atoms with Crippen LogP contribution in [0, 0.1) is 0 Å². The standard InChI is InChI=1S/C43H29BN4/c1-5-13-30(14-6-1)34-21-23-37-38-27-35(43-46-41(32-17-9-3-10-18-32)45-42(47-43)33-19-11-4-12-20-33)22-24-40(38)48-26-25-36(29-44(48)39(37)28-34)31-15-7-2-8-16-31/h1-29H. The first-order valence-electron chi connectivity index (χ1n) is 16.2. The predicted octanol–water partition coefficient (Wildman–Crippen LogP) is 9.38. The van der Waals surface area contributed by atoms with Gasteiger partial charge in [-0.25, -0.2) is 15.0 Å². The Kier molecular flexibility index (Phi) is 6.87. The molecule has 0 radical (unpaired) electrons. The van der Waals surface area contributed by atoms with Gasteiger partial charge in [0.2, 0.25) is 0 Å². The summed E-state index contributed by atoms with van der Waals surface area (Å²) in [7, 11) is 0. The molecular formula is C43H29BN4. The summed E-state index contributed by atoms with van der Waals surface area (Å²) in [6.45, 7) is 0.0498. The van der Waals surface area contributed by atoms with Crippen molar-refractivity contribution >= 4 is 23.6 Å². The van der Waals surface area contributed by atoms with Crippen LogP contribution in [0.1, 0.15) is 5.56 Å². The number of rotatable bonds is 5. The van der Waals surface area contributed by atoms with Crippen LogP contribution >= 0.6 is 0 Å². The molecule has 224 valence electrons. The van der Waals surface area contributed by atoms with E-state index in [1.54, 1.807) is 0 Å². The smallest absolute Gasteiger partial charge is 0.321 e. The summed E-state index contributed by atoms with van der Waals surface area (Å²) in [5, 5.41) is 0. The van der Waals surface area contributed by atoms with Crippen molar-refractivity contribution in [1.29, 1.82) is 0 Å². The number of nitrogens with zero attached hydrogens (tertiary/aromatic N) is 4. The Morgan fingerprint density at radius 2 is 0.938 bits per heavy atom. The lowest BCUT2D eigenvalue weighted by atomic mass is 9.48. The third-order valence-corrected chi connectivity index (χ3v) is 9.16. The lowest BCUT2D eigenvalue weighted by molar-refractivity contribution is 1.07. The highest BCUT2D eigenvalue weighted by atomic mass is 15.1. The van der Waals surface area contributed by atoms with E-state index in [0.29, 0.717) is 17.5 Å². The van der Waals surface area contributed by atoms with Gasteiger partial charge in [0.05, 0.1) is 0 Å². The molecule has 0 N–H and O–H groups in total. The zero-order valence-corrected chi connectivity index (χ0v) is 26.1. The highest BCUT2D eigenvalue weighted by molar-refractivity contribution is 6.84. The van der Waals surface area contributed by atoms with Crippen LogP contribution in [0.25, 0.3) is 62.0 Å². The number of hydrogen-bond acceptors (Lipinski definition) is 4. The minimum Gasteiger partial charge on any atom is -0.383 e. The molecule has 0 saturated carbocycles. The minimum atomic E-state index is 0.0498. The van der Waals surface area contributed by atoms with Gasteiger partial charge in [0, 0.05) is 27.9 Å². The molecule has 1 aromatic heterocycles. The van der Waals surface area contributed by atoms with E-state index in [9.17, 15) is 0 Å². The maximum atomic E-state index is 5.02. The molecule has 9 rings (SSSR count). The molecule has 3 heterocycles. The molecule has 2 aliphatic heterocycles. The number of fused-ring (bicyclic) bond motifs is 6. The van der Waals surface area contributed by atoms with Crippen molar-refractivity contribution in [2.24, 2.45) is 0 Å². The first-order chi connectivity index (χ1) is 23.8. The minimum absolute atomic E-state index is 0.0498.